The normalized spacial score (nSPS) is 15.4. The van der Waals surface area contributed by atoms with Crippen LogP contribution < -0.4 is 0 Å². The maximum Gasteiger partial charge on any atom is 0.141 e. The van der Waals surface area contributed by atoms with Gasteiger partial charge in [-0.05, 0) is 53.1 Å². The molecule has 1 aliphatic rings. The fourth-order valence-electron chi connectivity index (χ4n) is 3.87. The van der Waals surface area contributed by atoms with Gasteiger partial charge in [-0.15, -0.1) is 0 Å². The molecule has 3 aromatic rings. The zero-order valence-corrected chi connectivity index (χ0v) is 13.3. The smallest absolute Gasteiger partial charge is 0.141 e. The van der Waals surface area contributed by atoms with Crippen LogP contribution in [-0.4, -0.2) is 5.11 Å². The Hall–Kier alpha value is -2.38. The van der Waals surface area contributed by atoms with Crippen LogP contribution in [0.5, 0.6) is 0 Å². The largest absolute Gasteiger partial charge is 0.376 e. The van der Waals surface area contributed by atoms with Crippen molar-refractivity contribution in [3.05, 3.63) is 106 Å². The summed E-state index contributed by atoms with van der Waals surface area (Å²) in [6, 6.07) is 24.8. The van der Waals surface area contributed by atoms with Crippen molar-refractivity contribution < 1.29 is 5.11 Å². The zero-order chi connectivity index (χ0) is 15.9. The van der Waals surface area contributed by atoms with Crippen molar-refractivity contribution in [1.29, 1.82) is 0 Å². The number of benzene rings is 3. The molecule has 0 atom stereocenters. The van der Waals surface area contributed by atoms with E-state index in [-0.39, 0.29) is 0 Å². The molecule has 0 unspecified atom stereocenters. The molecule has 0 bridgehead atoms. The van der Waals surface area contributed by atoms with Gasteiger partial charge in [-0.2, -0.15) is 0 Å². The summed E-state index contributed by atoms with van der Waals surface area (Å²) in [5.74, 6) is 0. The molecule has 0 aromatic heterocycles. The molecule has 0 aliphatic heterocycles. The molecule has 1 nitrogen and oxygen atoms in total. The molecule has 1 heteroatoms. The number of hydrogen-bond acceptors (Lipinski definition) is 1. The summed E-state index contributed by atoms with van der Waals surface area (Å²) in [6.07, 6.45) is 1.92. The number of aliphatic hydroxyl groups is 1. The van der Waals surface area contributed by atoms with Gasteiger partial charge in [-0.25, -0.2) is 0 Å². The molecule has 0 saturated carbocycles. The van der Waals surface area contributed by atoms with Crippen LogP contribution in [0.3, 0.4) is 0 Å². The second-order valence-corrected chi connectivity index (χ2v) is 6.34. The number of aryl methyl sites for hydroxylation is 3. The quantitative estimate of drug-likeness (QED) is 0.707. The van der Waals surface area contributed by atoms with Crippen LogP contribution in [0, 0.1) is 6.92 Å². The zero-order valence-electron chi connectivity index (χ0n) is 13.3. The minimum absolute atomic E-state index is 0.960. The van der Waals surface area contributed by atoms with Crippen molar-refractivity contribution in [2.45, 2.75) is 25.4 Å². The van der Waals surface area contributed by atoms with Gasteiger partial charge in [0, 0.05) is 0 Å². The van der Waals surface area contributed by atoms with Gasteiger partial charge in [0.1, 0.15) is 5.60 Å². The highest BCUT2D eigenvalue weighted by Crippen LogP contribution is 2.43. The standard InChI is InChI=1S/C22H20O/c1-16-8-2-5-11-19(16)22(23)20-12-6-3-9-17(20)14-15-18-10-4-7-13-21(18)22/h2-13,23H,14-15H2,1H3. The third-order valence-corrected chi connectivity index (χ3v) is 5.01. The van der Waals surface area contributed by atoms with Gasteiger partial charge in [-0.3, -0.25) is 0 Å². The first-order chi connectivity index (χ1) is 11.2. The Kier molecular flexibility index (Phi) is 3.32. The van der Waals surface area contributed by atoms with Crippen LogP contribution in [-0.2, 0) is 18.4 Å². The predicted molar refractivity (Wildman–Crippen MR) is 93.6 cm³/mol. The first-order valence-electron chi connectivity index (χ1n) is 8.16. The second kappa shape index (κ2) is 5.36. The maximum absolute atomic E-state index is 12.0. The lowest BCUT2D eigenvalue weighted by atomic mass is 9.77. The molecule has 0 fully saturated rings. The van der Waals surface area contributed by atoms with Crippen LogP contribution in [0.15, 0.2) is 72.8 Å². The molecule has 114 valence electrons. The molecule has 1 aliphatic carbocycles. The molecular formula is C22H20O. The topological polar surface area (TPSA) is 20.2 Å². The summed E-state index contributed by atoms with van der Waals surface area (Å²) < 4.78 is 0. The molecular weight excluding hydrogens is 280 g/mol. The summed E-state index contributed by atoms with van der Waals surface area (Å²) in [5.41, 5.74) is 5.49. The van der Waals surface area contributed by atoms with E-state index >= 15 is 0 Å². The van der Waals surface area contributed by atoms with Gasteiger partial charge in [0.25, 0.3) is 0 Å². The summed E-state index contributed by atoms with van der Waals surface area (Å²) in [6.45, 7) is 2.07. The summed E-state index contributed by atoms with van der Waals surface area (Å²) in [5, 5.41) is 12.0. The minimum Gasteiger partial charge on any atom is -0.376 e. The highest BCUT2D eigenvalue weighted by atomic mass is 16.3. The lowest BCUT2D eigenvalue weighted by Gasteiger charge is -2.33. The van der Waals surface area contributed by atoms with E-state index in [1.54, 1.807) is 0 Å². The molecule has 0 saturated heterocycles. The van der Waals surface area contributed by atoms with E-state index < -0.39 is 5.60 Å². The van der Waals surface area contributed by atoms with E-state index in [1.165, 1.54) is 11.1 Å². The molecule has 1 N–H and O–H groups in total. The molecule has 3 aromatic carbocycles. The van der Waals surface area contributed by atoms with Crippen LogP contribution in [0.4, 0.5) is 0 Å². The van der Waals surface area contributed by atoms with Crippen LogP contribution in [0.2, 0.25) is 0 Å². The molecule has 23 heavy (non-hydrogen) atoms. The number of fused-ring (bicyclic) bond motifs is 2. The third-order valence-electron chi connectivity index (χ3n) is 5.01. The van der Waals surface area contributed by atoms with Crippen molar-refractivity contribution in [3.8, 4) is 0 Å². The first kappa shape index (κ1) is 14.2. The van der Waals surface area contributed by atoms with Crippen molar-refractivity contribution in [2.75, 3.05) is 0 Å². The molecule has 4 rings (SSSR count). The van der Waals surface area contributed by atoms with Crippen molar-refractivity contribution >= 4 is 0 Å². The van der Waals surface area contributed by atoms with Crippen LogP contribution in [0.25, 0.3) is 0 Å². The Morgan fingerprint density at radius 3 is 1.61 bits per heavy atom. The maximum atomic E-state index is 12.0. The second-order valence-electron chi connectivity index (χ2n) is 6.34. The summed E-state index contributed by atoms with van der Waals surface area (Å²) in [4.78, 5) is 0. The lowest BCUT2D eigenvalue weighted by Crippen LogP contribution is -2.31. The van der Waals surface area contributed by atoms with E-state index in [0.29, 0.717) is 0 Å². The highest BCUT2D eigenvalue weighted by molar-refractivity contribution is 5.55. The van der Waals surface area contributed by atoms with Gasteiger partial charge in [0.15, 0.2) is 0 Å². The van der Waals surface area contributed by atoms with Gasteiger partial charge < -0.3 is 5.11 Å². The van der Waals surface area contributed by atoms with Crippen molar-refractivity contribution in [2.24, 2.45) is 0 Å². The van der Waals surface area contributed by atoms with Crippen LogP contribution >= 0.6 is 0 Å². The third kappa shape index (κ3) is 2.12. The molecule has 0 heterocycles. The van der Waals surface area contributed by atoms with E-state index in [4.69, 9.17) is 0 Å². The lowest BCUT2D eigenvalue weighted by molar-refractivity contribution is 0.124. The molecule has 0 radical (unpaired) electrons. The van der Waals surface area contributed by atoms with Gasteiger partial charge >= 0.3 is 0 Å². The summed E-state index contributed by atoms with van der Waals surface area (Å²) in [7, 11) is 0. The van der Waals surface area contributed by atoms with E-state index in [0.717, 1.165) is 35.1 Å². The Labute approximate surface area is 137 Å². The van der Waals surface area contributed by atoms with Gasteiger partial charge in [0.05, 0.1) is 0 Å². The van der Waals surface area contributed by atoms with Crippen LogP contribution in [0.1, 0.15) is 33.4 Å². The Balaban J connectivity index is 2.10. The van der Waals surface area contributed by atoms with E-state index in [9.17, 15) is 5.11 Å². The Bertz CT molecular complexity index is 816. The fourth-order valence-corrected chi connectivity index (χ4v) is 3.87. The average molecular weight is 300 g/mol. The van der Waals surface area contributed by atoms with E-state index in [1.807, 2.05) is 30.3 Å². The average Bonchev–Trinajstić information content (AvgIpc) is 2.72. The first-order valence-corrected chi connectivity index (χ1v) is 8.16. The predicted octanol–water partition coefficient (Wildman–Crippen LogP) is 4.38. The highest BCUT2D eigenvalue weighted by Gasteiger charge is 2.39. The Morgan fingerprint density at radius 1 is 0.652 bits per heavy atom. The van der Waals surface area contributed by atoms with Crippen molar-refractivity contribution in [3.63, 3.8) is 0 Å². The Morgan fingerprint density at radius 2 is 1.09 bits per heavy atom. The van der Waals surface area contributed by atoms with E-state index in [2.05, 4.69) is 49.4 Å². The molecule has 0 spiro atoms. The SMILES string of the molecule is Cc1ccccc1C1(O)c2ccccc2CCc2ccccc21. The van der Waals surface area contributed by atoms with Crippen molar-refractivity contribution in [1.82, 2.24) is 0 Å². The number of rotatable bonds is 1. The molecule has 0 amide bonds. The fraction of sp³-hybridized carbons (Fsp3) is 0.182. The van der Waals surface area contributed by atoms with Gasteiger partial charge in [-0.1, -0.05) is 72.8 Å². The minimum atomic E-state index is -1.09. The van der Waals surface area contributed by atoms with Gasteiger partial charge in [0.2, 0.25) is 0 Å². The summed E-state index contributed by atoms with van der Waals surface area (Å²) >= 11 is 0. The monoisotopic (exact) mass is 300 g/mol. The number of hydrogen-bond donors (Lipinski definition) is 1.